The van der Waals surface area contributed by atoms with Gasteiger partial charge in [-0.1, -0.05) is 60.7 Å². The molecule has 136 valence electrons. The van der Waals surface area contributed by atoms with Gasteiger partial charge in [0.2, 0.25) is 5.91 Å². The Morgan fingerprint density at radius 3 is 2.00 bits per heavy atom. The van der Waals surface area contributed by atoms with Crippen LogP contribution in [0.3, 0.4) is 0 Å². The molecule has 0 aliphatic heterocycles. The minimum Gasteiger partial charge on any atom is -0.480 e. The summed E-state index contributed by atoms with van der Waals surface area (Å²) in [5, 5.41) is 9.54. The molecule has 0 aliphatic rings. The standard InChI is InChI=1S/C19H20N2O5/c20-12-17(22)21(19(25)26-13-15-9-5-2-6-10-15)16(18(23)24)11-14-7-3-1-4-8-14/h1-10,16H,11-13,20H2,(H,23,24). The third kappa shape index (κ3) is 5.15. The number of benzene rings is 2. The molecule has 7 nitrogen and oxygen atoms in total. The summed E-state index contributed by atoms with van der Waals surface area (Å²) in [6, 6.07) is 16.2. The monoisotopic (exact) mass is 356 g/mol. The number of rotatable bonds is 7. The van der Waals surface area contributed by atoms with Gasteiger partial charge in [0.1, 0.15) is 12.6 Å². The maximum Gasteiger partial charge on any atom is 0.417 e. The highest BCUT2D eigenvalue weighted by molar-refractivity contribution is 5.97. The van der Waals surface area contributed by atoms with E-state index in [1.165, 1.54) is 0 Å². The zero-order valence-corrected chi connectivity index (χ0v) is 14.1. The number of hydrogen-bond donors (Lipinski definition) is 2. The first-order valence-electron chi connectivity index (χ1n) is 8.02. The van der Waals surface area contributed by atoms with Gasteiger partial charge in [-0.3, -0.25) is 4.79 Å². The number of nitrogens with two attached hydrogens (primary N) is 1. The van der Waals surface area contributed by atoms with E-state index in [4.69, 9.17) is 10.5 Å². The van der Waals surface area contributed by atoms with Crippen molar-refractivity contribution in [3.8, 4) is 0 Å². The summed E-state index contributed by atoms with van der Waals surface area (Å²) >= 11 is 0. The van der Waals surface area contributed by atoms with E-state index in [0.29, 0.717) is 10.5 Å². The Morgan fingerprint density at radius 2 is 1.50 bits per heavy atom. The van der Waals surface area contributed by atoms with Crippen molar-refractivity contribution in [2.24, 2.45) is 5.73 Å². The number of carbonyl (C=O) groups excluding carboxylic acids is 2. The largest absolute Gasteiger partial charge is 0.480 e. The van der Waals surface area contributed by atoms with E-state index in [9.17, 15) is 19.5 Å². The summed E-state index contributed by atoms with van der Waals surface area (Å²) in [5.41, 5.74) is 6.75. The second-order valence-corrected chi connectivity index (χ2v) is 5.55. The number of aliphatic carboxylic acids is 1. The van der Waals surface area contributed by atoms with Crippen LogP contribution >= 0.6 is 0 Å². The topological polar surface area (TPSA) is 110 Å². The summed E-state index contributed by atoms with van der Waals surface area (Å²) in [6.45, 7) is -0.579. The number of amides is 2. The first-order chi connectivity index (χ1) is 12.5. The van der Waals surface area contributed by atoms with Crippen molar-refractivity contribution >= 4 is 18.0 Å². The second kappa shape index (κ2) is 9.33. The third-order valence-electron chi connectivity index (χ3n) is 3.71. The van der Waals surface area contributed by atoms with Crippen LogP contribution in [-0.2, 0) is 27.4 Å². The molecule has 3 N–H and O–H groups in total. The zero-order chi connectivity index (χ0) is 18.9. The van der Waals surface area contributed by atoms with Crippen LogP contribution in [0.1, 0.15) is 11.1 Å². The van der Waals surface area contributed by atoms with Crippen LogP contribution in [0.25, 0.3) is 0 Å². The van der Waals surface area contributed by atoms with E-state index >= 15 is 0 Å². The Labute approximate surface area is 151 Å². The molecule has 0 aliphatic carbocycles. The summed E-state index contributed by atoms with van der Waals surface area (Å²) in [4.78, 5) is 36.8. The van der Waals surface area contributed by atoms with Crippen molar-refractivity contribution in [2.75, 3.05) is 6.54 Å². The Balaban J connectivity index is 2.18. The smallest absolute Gasteiger partial charge is 0.417 e. The molecule has 1 atom stereocenters. The van der Waals surface area contributed by atoms with Gasteiger partial charge >= 0.3 is 12.1 Å². The fourth-order valence-corrected chi connectivity index (χ4v) is 2.42. The van der Waals surface area contributed by atoms with E-state index in [0.717, 1.165) is 5.56 Å². The molecule has 0 saturated carbocycles. The van der Waals surface area contributed by atoms with Crippen LogP contribution in [0.5, 0.6) is 0 Å². The molecule has 2 aromatic rings. The molecule has 0 bridgehead atoms. The molecule has 0 saturated heterocycles. The molecule has 2 aromatic carbocycles. The van der Waals surface area contributed by atoms with Crippen LogP contribution in [0.2, 0.25) is 0 Å². The number of carbonyl (C=O) groups is 3. The summed E-state index contributed by atoms with van der Waals surface area (Å²) in [5.74, 6) is -2.13. The molecule has 0 aromatic heterocycles. The summed E-state index contributed by atoms with van der Waals surface area (Å²) in [7, 11) is 0. The molecular formula is C19H20N2O5. The van der Waals surface area contributed by atoms with Crippen molar-refractivity contribution in [3.63, 3.8) is 0 Å². The first-order valence-corrected chi connectivity index (χ1v) is 8.02. The van der Waals surface area contributed by atoms with Gasteiger partial charge in [0.05, 0.1) is 6.54 Å². The molecular weight excluding hydrogens is 336 g/mol. The Kier molecular flexibility index (Phi) is 6.87. The SMILES string of the molecule is NCC(=O)N(C(=O)OCc1ccccc1)C(Cc1ccccc1)C(=O)O. The van der Waals surface area contributed by atoms with E-state index in [1.54, 1.807) is 54.6 Å². The summed E-state index contributed by atoms with van der Waals surface area (Å²) < 4.78 is 5.13. The Morgan fingerprint density at radius 1 is 0.962 bits per heavy atom. The molecule has 0 spiro atoms. The van der Waals surface area contributed by atoms with Crippen LogP contribution in [0.4, 0.5) is 4.79 Å². The third-order valence-corrected chi connectivity index (χ3v) is 3.71. The molecule has 0 heterocycles. The molecule has 0 fully saturated rings. The van der Waals surface area contributed by atoms with E-state index in [-0.39, 0.29) is 13.0 Å². The average molecular weight is 356 g/mol. The van der Waals surface area contributed by atoms with Crippen LogP contribution in [0, 0.1) is 0 Å². The molecule has 1 unspecified atom stereocenters. The number of ether oxygens (including phenoxy) is 1. The van der Waals surface area contributed by atoms with Gasteiger partial charge in [-0.05, 0) is 11.1 Å². The quantitative estimate of drug-likeness (QED) is 0.783. The van der Waals surface area contributed by atoms with E-state index < -0.39 is 30.6 Å². The highest BCUT2D eigenvalue weighted by Gasteiger charge is 2.35. The number of imide groups is 1. The Bertz CT molecular complexity index is 749. The predicted molar refractivity (Wildman–Crippen MR) is 94.1 cm³/mol. The van der Waals surface area contributed by atoms with Crippen molar-refractivity contribution in [3.05, 3.63) is 71.8 Å². The van der Waals surface area contributed by atoms with E-state index in [1.807, 2.05) is 6.07 Å². The van der Waals surface area contributed by atoms with Gasteiger partial charge in [0, 0.05) is 6.42 Å². The average Bonchev–Trinajstić information content (AvgIpc) is 2.67. The fourth-order valence-electron chi connectivity index (χ4n) is 2.42. The number of carboxylic acids is 1. The van der Waals surface area contributed by atoms with Gasteiger partial charge in [0.15, 0.2) is 0 Å². The fraction of sp³-hybridized carbons (Fsp3) is 0.211. The van der Waals surface area contributed by atoms with Crippen molar-refractivity contribution in [1.29, 1.82) is 0 Å². The molecule has 0 radical (unpaired) electrons. The zero-order valence-electron chi connectivity index (χ0n) is 14.1. The number of hydrogen-bond acceptors (Lipinski definition) is 5. The van der Waals surface area contributed by atoms with E-state index in [2.05, 4.69) is 0 Å². The van der Waals surface area contributed by atoms with Gasteiger partial charge in [-0.25, -0.2) is 14.5 Å². The van der Waals surface area contributed by atoms with Crippen molar-refractivity contribution in [2.45, 2.75) is 19.1 Å². The highest BCUT2D eigenvalue weighted by Crippen LogP contribution is 2.13. The van der Waals surface area contributed by atoms with Crippen LogP contribution < -0.4 is 5.73 Å². The second-order valence-electron chi connectivity index (χ2n) is 5.55. The minimum absolute atomic E-state index is 0.0393. The lowest BCUT2D eigenvalue weighted by molar-refractivity contribution is -0.148. The highest BCUT2D eigenvalue weighted by atomic mass is 16.6. The maximum absolute atomic E-state index is 12.4. The normalized spacial score (nSPS) is 11.4. The molecule has 2 amide bonds. The van der Waals surface area contributed by atoms with Crippen LogP contribution in [0.15, 0.2) is 60.7 Å². The molecule has 7 heteroatoms. The lowest BCUT2D eigenvalue weighted by atomic mass is 10.0. The maximum atomic E-state index is 12.4. The predicted octanol–water partition coefficient (Wildman–Crippen LogP) is 1.81. The first kappa shape index (κ1) is 19.1. The number of carboxylic acid groups (broad SMARTS) is 1. The number of nitrogens with zero attached hydrogens (tertiary/aromatic N) is 1. The van der Waals surface area contributed by atoms with Gasteiger partial charge < -0.3 is 15.6 Å². The van der Waals surface area contributed by atoms with Crippen molar-refractivity contribution in [1.82, 2.24) is 4.90 Å². The lowest BCUT2D eigenvalue weighted by Gasteiger charge is -2.26. The minimum atomic E-state index is -1.41. The van der Waals surface area contributed by atoms with Gasteiger partial charge in [-0.2, -0.15) is 0 Å². The molecule has 2 rings (SSSR count). The van der Waals surface area contributed by atoms with Gasteiger partial charge in [0.25, 0.3) is 0 Å². The Hall–Kier alpha value is -3.19. The lowest BCUT2D eigenvalue weighted by Crippen LogP contribution is -2.52. The summed E-state index contributed by atoms with van der Waals surface area (Å²) in [6.07, 6.45) is -1.07. The molecule has 26 heavy (non-hydrogen) atoms. The van der Waals surface area contributed by atoms with Crippen molar-refractivity contribution < 1.29 is 24.2 Å². The van der Waals surface area contributed by atoms with Gasteiger partial charge in [-0.15, -0.1) is 0 Å². The van der Waals surface area contributed by atoms with Crippen LogP contribution in [-0.4, -0.2) is 40.6 Å².